The first-order valence-electron chi connectivity index (χ1n) is 3.78. The van der Waals surface area contributed by atoms with Gasteiger partial charge in [-0.05, 0) is 18.9 Å². The molecule has 0 spiro atoms. The summed E-state index contributed by atoms with van der Waals surface area (Å²) in [5.41, 5.74) is 13.5. The van der Waals surface area contributed by atoms with Gasteiger partial charge in [-0.15, -0.1) is 0 Å². The Kier molecular flexibility index (Phi) is 1.24. The molecule has 0 aliphatic heterocycles. The zero-order valence-electron chi connectivity index (χ0n) is 6.25. The molecule has 1 aromatic rings. The lowest BCUT2D eigenvalue weighted by atomic mass is 10.2. The van der Waals surface area contributed by atoms with E-state index in [1.54, 1.807) is 6.20 Å². The Labute approximate surface area is 65.4 Å². The van der Waals surface area contributed by atoms with E-state index in [9.17, 15) is 0 Å². The maximum Gasteiger partial charge on any atom is 0.0734 e. The van der Waals surface area contributed by atoms with Gasteiger partial charge < -0.3 is 11.5 Å². The van der Waals surface area contributed by atoms with Gasteiger partial charge in [0.25, 0.3) is 0 Å². The molecule has 3 nitrogen and oxygen atoms in total. The topological polar surface area (TPSA) is 64.9 Å². The molecular weight excluding hydrogens is 138 g/mol. The van der Waals surface area contributed by atoms with E-state index >= 15 is 0 Å². The van der Waals surface area contributed by atoms with E-state index in [2.05, 4.69) is 4.98 Å². The molecule has 0 amide bonds. The van der Waals surface area contributed by atoms with E-state index in [1.807, 2.05) is 6.07 Å². The summed E-state index contributed by atoms with van der Waals surface area (Å²) in [4.78, 5) is 4.20. The highest BCUT2D eigenvalue weighted by Gasteiger charge is 2.24. The van der Waals surface area contributed by atoms with Gasteiger partial charge in [0.05, 0.1) is 17.6 Å². The zero-order chi connectivity index (χ0) is 7.84. The third kappa shape index (κ3) is 1.13. The Morgan fingerprint density at radius 1 is 1.27 bits per heavy atom. The number of nitrogen functional groups attached to an aromatic ring is 2. The van der Waals surface area contributed by atoms with Crippen LogP contribution in [-0.2, 0) is 0 Å². The zero-order valence-corrected chi connectivity index (χ0v) is 6.25. The fourth-order valence-corrected chi connectivity index (χ4v) is 1.10. The highest BCUT2D eigenvalue weighted by Crippen LogP contribution is 2.39. The number of nitrogens with two attached hydrogens (primary N) is 2. The molecule has 0 radical (unpaired) electrons. The van der Waals surface area contributed by atoms with E-state index in [4.69, 9.17) is 11.5 Å². The van der Waals surface area contributed by atoms with Gasteiger partial charge in [-0.25, -0.2) is 0 Å². The number of hydrogen-bond donors (Lipinski definition) is 2. The van der Waals surface area contributed by atoms with Crippen molar-refractivity contribution in [3.05, 3.63) is 18.0 Å². The van der Waals surface area contributed by atoms with E-state index in [0.717, 1.165) is 5.69 Å². The molecule has 1 aromatic heterocycles. The van der Waals surface area contributed by atoms with Crippen molar-refractivity contribution >= 4 is 11.4 Å². The number of nitrogens with zero attached hydrogens (tertiary/aromatic N) is 1. The molecule has 4 N–H and O–H groups in total. The summed E-state index contributed by atoms with van der Waals surface area (Å²) in [7, 11) is 0. The number of rotatable bonds is 1. The van der Waals surface area contributed by atoms with Crippen LogP contribution >= 0.6 is 0 Å². The highest BCUT2D eigenvalue weighted by atomic mass is 14.8. The summed E-state index contributed by atoms with van der Waals surface area (Å²) in [6.07, 6.45) is 4.13. The molecule has 2 rings (SSSR count). The molecule has 0 aromatic carbocycles. The molecule has 58 valence electrons. The summed E-state index contributed by atoms with van der Waals surface area (Å²) in [5, 5.41) is 0. The largest absolute Gasteiger partial charge is 0.397 e. The second kappa shape index (κ2) is 2.12. The summed E-state index contributed by atoms with van der Waals surface area (Å²) in [6, 6.07) is 1.88. The molecule has 0 bridgehead atoms. The van der Waals surface area contributed by atoms with Crippen molar-refractivity contribution in [2.24, 2.45) is 0 Å². The number of anilines is 2. The number of hydrogen-bond acceptors (Lipinski definition) is 3. The molecule has 3 heteroatoms. The standard InChI is InChI=1S/C8H11N3/c9-6-3-8(5-1-2-5)11-4-7(6)10/h3-5H,1-2,10H2,(H2,9,11). The van der Waals surface area contributed by atoms with Crippen LogP contribution in [0.2, 0.25) is 0 Å². The summed E-state index contributed by atoms with van der Waals surface area (Å²) in [5.74, 6) is 0.651. The van der Waals surface area contributed by atoms with Crippen molar-refractivity contribution in [2.45, 2.75) is 18.8 Å². The maximum absolute atomic E-state index is 5.62. The van der Waals surface area contributed by atoms with Crippen LogP contribution in [0.15, 0.2) is 12.3 Å². The van der Waals surface area contributed by atoms with Crippen molar-refractivity contribution in [2.75, 3.05) is 11.5 Å². The Morgan fingerprint density at radius 3 is 2.55 bits per heavy atom. The number of aromatic nitrogens is 1. The minimum Gasteiger partial charge on any atom is -0.397 e. The molecule has 11 heavy (non-hydrogen) atoms. The molecule has 1 aliphatic carbocycles. The van der Waals surface area contributed by atoms with Crippen LogP contribution in [0.1, 0.15) is 24.5 Å². The van der Waals surface area contributed by atoms with Crippen LogP contribution < -0.4 is 11.5 Å². The Balaban J connectivity index is 2.36. The summed E-state index contributed by atoms with van der Waals surface area (Å²) < 4.78 is 0. The Hall–Kier alpha value is -1.25. The lowest BCUT2D eigenvalue weighted by Gasteiger charge is -2.01. The molecule has 1 aliphatic rings. The molecule has 0 unspecified atom stereocenters. The van der Waals surface area contributed by atoms with E-state index in [-0.39, 0.29) is 0 Å². The van der Waals surface area contributed by atoms with Crippen molar-refractivity contribution in [1.82, 2.24) is 4.98 Å². The molecular formula is C8H11N3. The quantitative estimate of drug-likeness (QED) is 0.629. The van der Waals surface area contributed by atoms with Crippen molar-refractivity contribution < 1.29 is 0 Å². The normalized spacial score (nSPS) is 16.7. The van der Waals surface area contributed by atoms with E-state index in [1.165, 1.54) is 12.8 Å². The molecule has 0 saturated heterocycles. The van der Waals surface area contributed by atoms with Gasteiger partial charge in [0.1, 0.15) is 0 Å². The maximum atomic E-state index is 5.62. The van der Waals surface area contributed by atoms with Crippen LogP contribution in [0.4, 0.5) is 11.4 Å². The second-order valence-corrected chi connectivity index (χ2v) is 3.01. The minimum absolute atomic E-state index is 0.578. The average Bonchev–Trinajstić information content (AvgIpc) is 2.77. The van der Waals surface area contributed by atoms with Crippen LogP contribution in [0.5, 0.6) is 0 Å². The van der Waals surface area contributed by atoms with Gasteiger partial charge in [-0.1, -0.05) is 0 Å². The van der Waals surface area contributed by atoms with Crippen LogP contribution in [0.3, 0.4) is 0 Å². The minimum atomic E-state index is 0.578. The molecule has 1 fully saturated rings. The predicted octanol–water partition coefficient (Wildman–Crippen LogP) is 1.12. The first-order chi connectivity index (χ1) is 5.27. The summed E-state index contributed by atoms with van der Waals surface area (Å²) in [6.45, 7) is 0. The Bertz CT molecular complexity index is 279. The van der Waals surface area contributed by atoms with E-state index in [0.29, 0.717) is 17.3 Å². The van der Waals surface area contributed by atoms with Crippen LogP contribution in [-0.4, -0.2) is 4.98 Å². The van der Waals surface area contributed by atoms with Crippen LogP contribution in [0.25, 0.3) is 0 Å². The highest BCUT2D eigenvalue weighted by molar-refractivity contribution is 5.62. The third-order valence-electron chi connectivity index (χ3n) is 1.99. The fourth-order valence-electron chi connectivity index (χ4n) is 1.10. The Morgan fingerprint density at radius 2 is 2.00 bits per heavy atom. The van der Waals surface area contributed by atoms with Gasteiger partial charge in [-0.2, -0.15) is 0 Å². The second-order valence-electron chi connectivity index (χ2n) is 3.01. The lowest BCUT2D eigenvalue weighted by Crippen LogP contribution is -1.97. The van der Waals surface area contributed by atoms with Gasteiger partial charge in [-0.3, -0.25) is 4.98 Å². The molecule has 1 saturated carbocycles. The van der Waals surface area contributed by atoms with E-state index < -0.39 is 0 Å². The molecule has 0 atom stereocenters. The first kappa shape index (κ1) is 6.46. The predicted molar refractivity (Wildman–Crippen MR) is 45.0 cm³/mol. The SMILES string of the molecule is Nc1cnc(C2CC2)cc1N. The van der Waals surface area contributed by atoms with Crippen LogP contribution in [0, 0.1) is 0 Å². The monoisotopic (exact) mass is 149 g/mol. The summed E-state index contributed by atoms with van der Waals surface area (Å²) >= 11 is 0. The fraction of sp³-hybridized carbons (Fsp3) is 0.375. The average molecular weight is 149 g/mol. The van der Waals surface area contributed by atoms with Crippen molar-refractivity contribution in [3.63, 3.8) is 0 Å². The van der Waals surface area contributed by atoms with Gasteiger partial charge >= 0.3 is 0 Å². The smallest absolute Gasteiger partial charge is 0.0734 e. The van der Waals surface area contributed by atoms with Crippen molar-refractivity contribution in [1.29, 1.82) is 0 Å². The van der Waals surface area contributed by atoms with Gasteiger partial charge in [0, 0.05) is 11.6 Å². The lowest BCUT2D eigenvalue weighted by molar-refractivity contribution is 1.03. The third-order valence-corrected chi connectivity index (χ3v) is 1.99. The first-order valence-corrected chi connectivity index (χ1v) is 3.78. The van der Waals surface area contributed by atoms with Gasteiger partial charge in [0.2, 0.25) is 0 Å². The number of pyridine rings is 1. The van der Waals surface area contributed by atoms with Crippen molar-refractivity contribution in [3.8, 4) is 0 Å². The molecule has 1 heterocycles. The van der Waals surface area contributed by atoms with Gasteiger partial charge in [0.15, 0.2) is 0 Å².